The zero-order valence-corrected chi connectivity index (χ0v) is 14.2. The van der Waals surface area contributed by atoms with Crippen molar-refractivity contribution in [3.63, 3.8) is 0 Å². The molecule has 1 saturated heterocycles. The third-order valence-corrected chi connectivity index (χ3v) is 5.24. The highest BCUT2D eigenvalue weighted by molar-refractivity contribution is 5.14. The first-order chi connectivity index (χ1) is 9.97. The standard InChI is InChI=1S/C19H32N2/c1-16(2)19(3,4)15-20-18-11-13-21(14-18)12-10-17-8-6-5-7-9-17/h5-9,16,18,20H,10-15H2,1-4H3. The average Bonchev–Trinajstić information content (AvgIpc) is 2.92. The summed E-state index contributed by atoms with van der Waals surface area (Å²) in [6.45, 7) is 14.1. The van der Waals surface area contributed by atoms with Crippen LogP contribution >= 0.6 is 0 Å². The molecule has 0 aliphatic carbocycles. The Kier molecular flexibility index (Phi) is 5.83. The summed E-state index contributed by atoms with van der Waals surface area (Å²) in [7, 11) is 0. The van der Waals surface area contributed by atoms with Crippen molar-refractivity contribution in [1.82, 2.24) is 10.2 Å². The molecular weight excluding hydrogens is 256 g/mol. The van der Waals surface area contributed by atoms with Crippen LogP contribution in [0.5, 0.6) is 0 Å². The van der Waals surface area contributed by atoms with Crippen molar-refractivity contribution in [2.45, 2.75) is 46.6 Å². The molecule has 2 rings (SSSR count). The van der Waals surface area contributed by atoms with Crippen molar-refractivity contribution < 1.29 is 0 Å². The number of benzene rings is 1. The van der Waals surface area contributed by atoms with E-state index in [1.54, 1.807) is 0 Å². The Morgan fingerprint density at radius 3 is 2.62 bits per heavy atom. The lowest BCUT2D eigenvalue weighted by Gasteiger charge is -2.31. The maximum Gasteiger partial charge on any atom is 0.0207 e. The molecule has 0 bridgehead atoms. The van der Waals surface area contributed by atoms with E-state index in [0.29, 0.717) is 11.5 Å². The molecule has 118 valence electrons. The largest absolute Gasteiger partial charge is 0.312 e. The lowest BCUT2D eigenvalue weighted by Crippen LogP contribution is -2.40. The first-order valence-electron chi connectivity index (χ1n) is 8.47. The Hall–Kier alpha value is -0.860. The fourth-order valence-electron chi connectivity index (χ4n) is 2.75. The van der Waals surface area contributed by atoms with Gasteiger partial charge in [-0.3, -0.25) is 0 Å². The number of hydrogen-bond donors (Lipinski definition) is 1. The molecule has 1 aromatic rings. The Bertz CT molecular complexity index is 411. The second-order valence-electron chi connectivity index (χ2n) is 7.55. The zero-order chi connectivity index (χ0) is 15.3. The van der Waals surface area contributed by atoms with Crippen LogP contribution in [0.4, 0.5) is 0 Å². The molecule has 1 heterocycles. The Balaban J connectivity index is 1.69. The highest BCUT2D eigenvalue weighted by Gasteiger charge is 2.26. The van der Waals surface area contributed by atoms with Crippen molar-refractivity contribution in [1.29, 1.82) is 0 Å². The molecule has 1 aliphatic rings. The van der Waals surface area contributed by atoms with E-state index in [2.05, 4.69) is 68.2 Å². The fourth-order valence-corrected chi connectivity index (χ4v) is 2.75. The molecule has 0 saturated carbocycles. The molecule has 0 radical (unpaired) electrons. The van der Waals surface area contributed by atoms with Crippen molar-refractivity contribution in [2.24, 2.45) is 11.3 Å². The van der Waals surface area contributed by atoms with Gasteiger partial charge >= 0.3 is 0 Å². The second-order valence-corrected chi connectivity index (χ2v) is 7.55. The van der Waals surface area contributed by atoms with Crippen LogP contribution in [-0.4, -0.2) is 37.1 Å². The van der Waals surface area contributed by atoms with Gasteiger partial charge in [0, 0.05) is 25.7 Å². The maximum atomic E-state index is 3.79. The molecule has 1 aliphatic heterocycles. The van der Waals surface area contributed by atoms with Crippen molar-refractivity contribution >= 4 is 0 Å². The summed E-state index contributed by atoms with van der Waals surface area (Å²) in [5.74, 6) is 0.723. The van der Waals surface area contributed by atoms with Crippen LogP contribution in [0.25, 0.3) is 0 Å². The van der Waals surface area contributed by atoms with E-state index in [9.17, 15) is 0 Å². The smallest absolute Gasteiger partial charge is 0.0207 e. The highest BCUT2D eigenvalue weighted by Crippen LogP contribution is 2.25. The van der Waals surface area contributed by atoms with E-state index in [1.165, 1.54) is 38.0 Å². The topological polar surface area (TPSA) is 15.3 Å². The molecule has 0 amide bonds. The summed E-state index contributed by atoms with van der Waals surface area (Å²) in [6, 6.07) is 11.5. The SMILES string of the molecule is CC(C)C(C)(C)CNC1CCN(CCc2ccccc2)C1. The van der Waals surface area contributed by atoms with Gasteiger partial charge in [-0.15, -0.1) is 0 Å². The minimum Gasteiger partial charge on any atom is -0.312 e. The van der Waals surface area contributed by atoms with E-state index < -0.39 is 0 Å². The minimum absolute atomic E-state index is 0.386. The number of likely N-dealkylation sites (tertiary alicyclic amines) is 1. The summed E-state index contributed by atoms with van der Waals surface area (Å²) in [5, 5.41) is 3.79. The monoisotopic (exact) mass is 288 g/mol. The van der Waals surface area contributed by atoms with Crippen LogP contribution in [0, 0.1) is 11.3 Å². The van der Waals surface area contributed by atoms with Crippen LogP contribution in [-0.2, 0) is 6.42 Å². The highest BCUT2D eigenvalue weighted by atomic mass is 15.2. The van der Waals surface area contributed by atoms with Gasteiger partial charge in [0.05, 0.1) is 0 Å². The molecule has 21 heavy (non-hydrogen) atoms. The molecule has 0 aromatic heterocycles. The molecule has 1 unspecified atom stereocenters. The summed E-state index contributed by atoms with van der Waals surface area (Å²) >= 11 is 0. The number of rotatable bonds is 7. The average molecular weight is 288 g/mol. The predicted octanol–water partition coefficient (Wildman–Crippen LogP) is 3.58. The van der Waals surface area contributed by atoms with E-state index in [-0.39, 0.29) is 0 Å². The normalized spacial score (nSPS) is 20.3. The Morgan fingerprint density at radius 1 is 1.24 bits per heavy atom. The van der Waals surface area contributed by atoms with Gasteiger partial charge in [0.1, 0.15) is 0 Å². The van der Waals surface area contributed by atoms with Crippen LogP contribution in [0.2, 0.25) is 0 Å². The molecule has 1 atom stereocenters. The van der Waals surface area contributed by atoms with Gasteiger partial charge in [-0.1, -0.05) is 58.0 Å². The van der Waals surface area contributed by atoms with Crippen molar-refractivity contribution in [3.8, 4) is 0 Å². The van der Waals surface area contributed by atoms with Gasteiger partial charge in [-0.25, -0.2) is 0 Å². The van der Waals surface area contributed by atoms with E-state index in [1.807, 2.05) is 0 Å². The molecule has 1 fully saturated rings. The second kappa shape index (κ2) is 7.42. The Labute approximate surface area is 130 Å². The van der Waals surface area contributed by atoms with Crippen LogP contribution in [0.1, 0.15) is 39.7 Å². The van der Waals surface area contributed by atoms with E-state index in [4.69, 9.17) is 0 Å². The maximum absolute atomic E-state index is 3.79. The summed E-state index contributed by atoms with van der Waals surface area (Å²) in [5.41, 5.74) is 1.84. The van der Waals surface area contributed by atoms with E-state index in [0.717, 1.165) is 12.5 Å². The summed E-state index contributed by atoms with van der Waals surface area (Å²) in [6.07, 6.45) is 2.47. The quantitative estimate of drug-likeness (QED) is 0.825. The molecule has 0 spiro atoms. The van der Waals surface area contributed by atoms with Gasteiger partial charge in [0.15, 0.2) is 0 Å². The summed E-state index contributed by atoms with van der Waals surface area (Å²) < 4.78 is 0. The zero-order valence-electron chi connectivity index (χ0n) is 14.2. The molecule has 2 nitrogen and oxygen atoms in total. The first kappa shape index (κ1) is 16.5. The summed E-state index contributed by atoms with van der Waals surface area (Å²) in [4.78, 5) is 2.60. The number of hydrogen-bond acceptors (Lipinski definition) is 2. The van der Waals surface area contributed by atoms with Crippen molar-refractivity contribution in [2.75, 3.05) is 26.2 Å². The fraction of sp³-hybridized carbons (Fsp3) is 0.684. The number of nitrogens with one attached hydrogen (secondary N) is 1. The minimum atomic E-state index is 0.386. The lowest BCUT2D eigenvalue weighted by atomic mass is 9.81. The van der Waals surface area contributed by atoms with Gasteiger partial charge in [-0.05, 0) is 36.3 Å². The lowest BCUT2D eigenvalue weighted by molar-refractivity contribution is 0.226. The molecular formula is C19H32N2. The van der Waals surface area contributed by atoms with Crippen LogP contribution in [0.15, 0.2) is 30.3 Å². The molecule has 1 N–H and O–H groups in total. The van der Waals surface area contributed by atoms with Crippen LogP contribution < -0.4 is 5.32 Å². The predicted molar refractivity (Wildman–Crippen MR) is 91.6 cm³/mol. The Morgan fingerprint density at radius 2 is 1.95 bits per heavy atom. The van der Waals surface area contributed by atoms with Crippen molar-refractivity contribution in [3.05, 3.63) is 35.9 Å². The third kappa shape index (κ3) is 5.12. The molecule has 2 heteroatoms. The van der Waals surface area contributed by atoms with E-state index >= 15 is 0 Å². The third-order valence-electron chi connectivity index (χ3n) is 5.24. The molecule has 1 aromatic carbocycles. The number of nitrogens with zero attached hydrogens (tertiary/aromatic N) is 1. The first-order valence-corrected chi connectivity index (χ1v) is 8.47. The van der Waals surface area contributed by atoms with Gasteiger partial charge in [0.25, 0.3) is 0 Å². The van der Waals surface area contributed by atoms with Gasteiger partial charge < -0.3 is 10.2 Å². The van der Waals surface area contributed by atoms with Gasteiger partial charge in [-0.2, -0.15) is 0 Å². The van der Waals surface area contributed by atoms with Gasteiger partial charge in [0.2, 0.25) is 0 Å². The van der Waals surface area contributed by atoms with Crippen LogP contribution in [0.3, 0.4) is 0 Å².